The van der Waals surface area contributed by atoms with Gasteiger partial charge < -0.3 is 4.74 Å². The van der Waals surface area contributed by atoms with Crippen LogP contribution in [-0.2, 0) is 24.2 Å². The predicted octanol–water partition coefficient (Wildman–Crippen LogP) is 4.34. The Hall–Kier alpha value is -3.19. The van der Waals surface area contributed by atoms with E-state index in [4.69, 9.17) is 15.0 Å². The van der Waals surface area contributed by atoms with Crippen LogP contribution in [0.2, 0.25) is 0 Å². The van der Waals surface area contributed by atoms with Crippen molar-refractivity contribution in [2.75, 3.05) is 0 Å². The van der Waals surface area contributed by atoms with Crippen molar-refractivity contribution in [3.63, 3.8) is 0 Å². The summed E-state index contributed by atoms with van der Waals surface area (Å²) in [5.41, 5.74) is 5.04. The molecule has 26 heavy (non-hydrogen) atoms. The molecule has 4 rings (SSSR count). The van der Waals surface area contributed by atoms with Gasteiger partial charge in [0.15, 0.2) is 0 Å². The average Bonchev–Trinajstić information content (AvgIpc) is 2.70. The molecule has 0 unspecified atom stereocenters. The van der Waals surface area contributed by atoms with Crippen LogP contribution in [0.4, 0.5) is 0 Å². The molecule has 0 atom stereocenters. The third-order valence-corrected chi connectivity index (χ3v) is 4.83. The van der Waals surface area contributed by atoms with Crippen LogP contribution < -0.4 is 0 Å². The summed E-state index contributed by atoms with van der Waals surface area (Å²) in [6, 6.07) is 16.9. The number of pyridine rings is 1. The van der Waals surface area contributed by atoms with Crippen molar-refractivity contribution < 1.29 is 9.53 Å². The lowest BCUT2D eigenvalue weighted by Gasteiger charge is -2.20. The number of para-hydroxylation sites is 1. The SMILES string of the molecule is N#Cc1ccc(COC(=O)c2c3c(nc4ccccc24)CCCC3)cc1. The number of carbonyl (C=O) groups is 1. The van der Waals surface area contributed by atoms with Crippen LogP contribution in [0.1, 0.15) is 45.6 Å². The highest BCUT2D eigenvalue weighted by Crippen LogP contribution is 2.30. The summed E-state index contributed by atoms with van der Waals surface area (Å²) >= 11 is 0. The molecule has 0 amide bonds. The van der Waals surface area contributed by atoms with Crippen molar-refractivity contribution in [1.29, 1.82) is 5.26 Å². The zero-order valence-electron chi connectivity index (χ0n) is 14.4. The Balaban J connectivity index is 1.66. The second-order valence-corrected chi connectivity index (χ2v) is 6.52. The second-order valence-electron chi connectivity index (χ2n) is 6.52. The molecule has 1 aliphatic rings. The molecule has 0 bridgehead atoms. The molecule has 0 spiro atoms. The number of esters is 1. The van der Waals surface area contributed by atoms with Crippen LogP contribution in [0.5, 0.6) is 0 Å². The van der Waals surface area contributed by atoms with Crippen molar-refractivity contribution >= 4 is 16.9 Å². The van der Waals surface area contributed by atoms with E-state index in [9.17, 15) is 4.79 Å². The number of benzene rings is 2. The Labute approximate surface area is 152 Å². The van der Waals surface area contributed by atoms with E-state index in [-0.39, 0.29) is 12.6 Å². The van der Waals surface area contributed by atoms with E-state index in [2.05, 4.69) is 6.07 Å². The highest BCUT2D eigenvalue weighted by molar-refractivity contribution is 6.05. The summed E-state index contributed by atoms with van der Waals surface area (Å²) in [6.07, 6.45) is 3.96. The van der Waals surface area contributed by atoms with Gasteiger partial charge in [-0.25, -0.2) is 4.79 Å². The first kappa shape index (κ1) is 16.3. The number of fused-ring (bicyclic) bond motifs is 2. The summed E-state index contributed by atoms with van der Waals surface area (Å²) in [5, 5.41) is 9.73. The molecular formula is C22H18N2O2. The van der Waals surface area contributed by atoms with Crippen LogP contribution >= 0.6 is 0 Å². The van der Waals surface area contributed by atoms with Crippen LogP contribution in [0, 0.1) is 11.3 Å². The highest BCUT2D eigenvalue weighted by Gasteiger charge is 2.23. The van der Waals surface area contributed by atoms with Crippen molar-refractivity contribution in [3.8, 4) is 6.07 Å². The van der Waals surface area contributed by atoms with Crippen LogP contribution in [0.25, 0.3) is 10.9 Å². The lowest BCUT2D eigenvalue weighted by Crippen LogP contribution is -2.15. The fourth-order valence-corrected chi connectivity index (χ4v) is 3.50. The number of aryl methyl sites for hydroxylation is 1. The maximum atomic E-state index is 12.9. The minimum atomic E-state index is -0.300. The number of hydrogen-bond acceptors (Lipinski definition) is 4. The summed E-state index contributed by atoms with van der Waals surface area (Å²) in [7, 11) is 0. The molecule has 0 fully saturated rings. The van der Waals surface area contributed by atoms with Gasteiger partial charge in [0.25, 0.3) is 0 Å². The Kier molecular flexibility index (Phi) is 4.37. The number of aromatic nitrogens is 1. The molecule has 4 nitrogen and oxygen atoms in total. The normalized spacial score (nSPS) is 13.0. The van der Waals surface area contributed by atoms with Gasteiger partial charge in [-0.05, 0) is 55.0 Å². The minimum Gasteiger partial charge on any atom is -0.457 e. The third-order valence-electron chi connectivity index (χ3n) is 4.83. The maximum absolute atomic E-state index is 12.9. The van der Waals surface area contributed by atoms with Gasteiger partial charge in [0.1, 0.15) is 6.61 Å². The first-order chi connectivity index (χ1) is 12.8. The predicted molar refractivity (Wildman–Crippen MR) is 98.7 cm³/mol. The van der Waals surface area contributed by atoms with E-state index in [1.807, 2.05) is 36.4 Å². The monoisotopic (exact) mass is 342 g/mol. The zero-order chi connectivity index (χ0) is 17.9. The van der Waals surface area contributed by atoms with Gasteiger partial charge in [-0.15, -0.1) is 0 Å². The van der Waals surface area contributed by atoms with Gasteiger partial charge in [0.2, 0.25) is 0 Å². The van der Waals surface area contributed by atoms with Crippen LogP contribution in [0.15, 0.2) is 48.5 Å². The topological polar surface area (TPSA) is 63.0 Å². The number of carbonyl (C=O) groups excluding carboxylic acids is 1. The van der Waals surface area contributed by atoms with Gasteiger partial charge in [-0.1, -0.05) is 30.3 Å². The fraction of sp³-hybridized carbons (Fsp3) is 0.227. The smallest absolute Gasteiger partial charge is 0.339 e. The number of nitriles is 1. The minimum absolute atomic E-state index is 0.190. The van der Waals surface area contributed by atoms with Crippen molar-refractivity contribution in [1.82, 2.24) is 4.98 Å². The standard InChI is InChI=1S/C22H18N2O2/c23-13-15-9-11-16(12-10-15)14-26-22(25)21-17-5-1-3-7-19(17)24-20-8-4-2-6-18(20)21/h1,3,5,7,9-12H,2,4,6,8,14H2. The molecule has 1 aliphatic carbocycles. The van der Waals surface area contributed by atoms with Crippen LogP contribution in [0.3, 0.4) is 0 Å². The van der Waals surface area contributed by atoms with Crippen molar-refractivity contribution in [3.05, 3.63) is 76.5 Å². The Morgan fingerprint density at radius 2 is 1.85 bits per heavy atom. The van der Waals surface area contributed by atoms with Gasteiger partial charge in [-0.3, -0.25) is 4.98 Å². The number of ether oxygens (including phenoxy) is 1. The molecule has 0 saturated heterocycles. The van der Waals surface area contributed by atoms with E-state index < -0.39 is 0 Å². The Morgan fingerprint density at radius 3 is 2.65 bits per heavy atom. The molecule has 0 aliphatic heterocycles. The lowest BCUT2D eigenvalue weighted by atomic mass is 9.90. The summed E-state index contributed by atoms with van der Waals surface area (Å²) in [6.45, 7) is 0.190. The fourth-order valence-electron chi connectivity index (χ4n) is 3.50. The molecule has 0 radical (unpaired) electrons. The molecule has 4 heteroatoms. The van der Waals surface area contributed by atoms with Gasteiger partial charge in [-0.2, -0.15) is 5.26 Å². The van der Waals surface area contributed by atoms with E-state index >= 15 is 0 Å². The maximum Gasteiger partial charge on any atom is 0.339 e. The molecule has 3 aromatic rings. The van der Waals surface area contributed by atoms with Crippen LogP contribution in [-0.4, -0.2) is 11.0 Å². The van der Waals surface area contributed by atoms with Gasteiger partial charge in [0.05, 0.1) is 22.7 Å². The van der Waals surface area contributed by atoms with Crippen molar-refractivity contribution in [2.24, 2.45) is 0 Å². The van der Waals surface area contributed by atoms with E-state index in [0.717, 1.165) is 53.4 Å². The molecule has 128 valence electrons. The first-order valence-electron chi connectivity index (χ1n) is 8.83. The summed E-state index contributed by atoms with van der Waals surface area (Å²) < 4.78 is 5.61. The van der Waals surface area contributed by atoms with Gasteiger partial charge >= 0.3 is 5.97 Å². The molecule has 0 N–H and O–H groups in total. The number of hydrogen-bond donors (Lipinski definition) is 0. The van der Waals surface area contributed by atoms with Crippen molar-refractivity contribution in [2.45, 2.75) is 32.3 Å². The number of nitrogens with zero attached hydrogens (tertiary/aromatic N) is 2. The van der Waals surface area contributed by atoms with E-state index in [1.165, 1.54) is 0 Å². The lowest BCUT2D eigenvalue weighted by molar-refractivity contribution is 0.0473. The zero-order valence-corrected chi connectivity index (χ0v) is 14.4. The molecule has 1 aromatic heterocycles. The van der Waals surface area contributed by atoms with E-state index in [0.29, 0.717) is 11.1 Å². The highest BCUT2D eigenvalue weighted by atomic mass is 16.5. The Morgan fingerprint density at radius 1 is 1.08 bits per heavy atom. The van der Waals surface area contributed by atoms with Gasteiger partial charge in [0, 0.05) is 11.1 Å². The summed E-state index contributed by atoms with van der Waals surface area (Å²) in [5.74, 6) is -0.300. The quantitative estimate of drug-likeness (QED) is 0.664. The Bertz CT molecular complexity index is 1020. The first-order valence-corrected chi connectivity index (χ1v) is 8.83. The average molecular weight is 342 g/mol. The second kappa shape index (κ2) is 6.97. The summed E-state index contributed by atoms with van der Waals surface area (Å²) in [4.78, 5) is 17.7. The molecular weight excluding hydrogens is 324 g/mol. The third kappa shape index (κ3) is 3.04. The molecule has 2 aromatic carbocycles. The largest absolute Gasteiger partial charge is 0.457 e. The molecule has 0 saturated carbocycles. The van der Waals surface area contributed by atoms with E-state index in [1.54, 1.807) is 12.1 Å². The number of rotatable bonds is 3. The molecule has 1 heterocycles.